The average molecular weight is 605 g/mol. The predicted octanol–water partition coefficient (Wildman–Crippen LogP) is 7.74. The quantitative estimate of drug-likeness (QED) is 0.163. The van der Waals surface area contributed by atoms with Crippen molar-refractivity contribution in [1.29, 1.82) is 0 Å². The van der Waals surface area contributed by atoms with Crippen molar-refractivity contribution < 1.29 is 19.4 Å². The summed E-state index contributed by atoms with van der Waals surface area (Å²) in [6.45, 7) is 6.15. The Bertz CT molecular complexity index is 1260. The van der Waals surface area contributed by atoms with Gasteiger partial charge in [0.2, 0.25) is 0 Å². The maximum Gasteiger partial charge on any atom is 0.326 e. The Balaban J connectivity index is 0.000000546. The zero-order valence-corrected chi connectivity index (χ0v) is 26.8. The van der Waals surface area contributed by atoms with E-state index in [-0.39, 0.29) is 5.91 Å². The van der Waals surface area contributed by atoms with Crippen LogP contribution in [-0.4, -0.2) is 48.2 Å². The van der Waals surface area contributed by atoms with Crippen molar-refractivity contribution >= 4 is 23.6 Å². The molecule has 3 aromatic rings. The number of aliphatic carboxylic acids is 1. The molecule has 3 N–H and O–H groups in total. The van der Waals surface area contributed by atoms with Gasteiger partial charge < -0.3 is 20.5 Å². The highest BCUT2D eigenvalue weighted by Crippen LogP contribution is 2.29. The number of benzene rings is 3. The SMILES string of the molecule is CCC1CCCCC1.CSCCC(NC(=O)c1ccc(CNCCOc2ccccc2)cc1-c1ccccc1C)C(=O)O. The number of nitrogens with one attached hydrogen (secondary N) is 2. The van der Waals surface area contributed by atoms with E-state index in [1.54, 1.807) is 17.8 Å². The lowest BCUT2D eigenvalue weighted by atomic mass is 9.88. The smallest absolute Gasteiger partial charge is 0.326 e. The number of para-hydroxylation sites is 1. The van der Waals surface area contributed by atoms with Crippen molar-refractivity contribution in [1.82, 2.24) is 10.6 Å². The number of aryl methyl sites for hydroxylation is 1. The number of hydrogen-bond acceptors (Lipinski definition) is 5. The Hall–Kier alpha value is -3.29. The minimum absolute atomic E-state index is 0.370. The molecular formula is C36H48N2O4S. The van der Waals surface area contributed by atoms with Crippen LogP contribution in [0.4, 0.5) is 0 Å². The third-order valence-electron chi connectivity index (χ3n) is 7.90. The van der Waals surface area contributed by atoms with Crippen molar-refractivity contribution in [2.24, 2.45) is 5.92 Å². The van der Waals surface area contributed by atoms with Gasteiger partial charge in [-0.1, -0.05) is 94.0 Å². The first-order valence-corrected chi connectivity index (χ1v) is 16.9. The first kappa shape index (κ1) is 34.2. The standard InChI is InChI=1S/C28H32N2O4S.C8H16/c1-20-8-6-7-11-23(20)25-18-21(19-29-15-16-34-22-9-4-3-5-10-22)12-13-24(25)27(31)30-26(28(32)33)14-17-35-2;1-2-8-6-4-3-5-7-8/h3-13,18,26,29H,14-17,19H2,1-2H3,(H,30,31)(H,32,33);8H,2-7H2,1H3. The van der Waals surface area contributed by atoms with Crippen molar-refractivity contribution in [3.8, 4) is 16.9 Å². The van der Waals surface area contributed by atoms with Gasteiger partial charge >= 0.3 is 5.97 Å². The summed E-state index contributed by atoms with van der Waals surface area (Å²) in [7, 11) is 0. The zero-order chi connectivity index (χ0) is 30.9. The molecule has 232 valence electrons. The molecule has 4 rings (SSSR count). The normalized spacial score (nSPS) is 13.8. The summed E-state index contributed by atoms with van der Waals surface area (Å²) in [5.74, 6) is 1.17. The minimum Gasteiger partial charge on any atom is -0.492 e. The van der Waals surface area contributed by atoms with Gasteiger partial charge in [-0.05, 0) is 77.8 Å². The molecule has 1 aliphatic rings. The van der Waals surface area contributed by atoms with Crippen LogP contribution < -0.4 is 15.4 Å². The molecule has 1 fully saturated rings. The van der Waals surface area contributed by atoms with E-state index in [0.29, 0.717) is 37.4 Å². The third kappa shape index (κ3) is 11.7. The summed E-state index contributed by atoms with van der Waals surface area (Å²) in [5.41, 5.74) is 4.26. The maximum atomic E-state index is 13.2. The number of carbonyl (C=O) groups is 2. The van der Waals surface area contributed by atoms with Gasteiger partial charge in [0.15, 0.2) is 0 Å². The number of hydrogen-bond donors (Lipinski definition) is 3. The van der Waals surface area contributed by atoms with E-state index in [4.69, 9.17) is 4.74 Å². The van der Waals surface area contributed by atoms with Gasteiger partial charge in [-0.15, -0.1) is 0 Å². The summed E-state index contributed by atoms with van der Waals surface area (Å²) in [5, 5.41) is 15.6. The molecule has 43 heavy (non-hydrogen) atoms. The number of carboxylic acids is 1. The Morgan fingerprint density at radius 2 is 1.70 bits per heavy atom. The monoisotopic (exact) mass is 604 g/mol. The van der Waals surface area contributed by atoms with Crippen molar-refractivity contribution in [2.45, 2.75) is 71.4 Å². The molecule has 1 unspecified atom stereocenters. The number of rotatable bonds is 14. The summed E-state index contributed by atoms with van der Waals surface area (Å²) in [4.78, 5) is 24.8. The van der Waals surface area contributed by atoms with Crippen LogP contribution in [0.3, 0.4) is 0 Å². The molecule has 0 radical (unpaired) electrons. The molecule has 1 amide bonds. The Morgan fingerprint density at radius 3 is 2.35 bits per heavy atom. The fourth-order valence-corrected chi connectivity index (χ4v) is 5.78. The Labute approximate surface area is 262 Å². The van der Waals surface area contributed by atoms with Crippen LogP contribution in [0.15, 0.2) is 72.8 Å². The van der Waals surface area contributed by atoms with Crippen LogP contribution in [0.25, 0.3) is 11.1 Å². The van der Waals surface area contributed by atoms with Gasteiger partial charge in [-0.3, -0.25) is 4.79 Å². The van der Waals surface area contributed by atoms with E-state index >= 15 is 0 Å². The Kier molecular flexibility index (Phi) is 15.2. The van der Waals surface area contributed by atoms with Crippen LogP contribution in [-0.2, 0) is 11.3 Å². The van der Waals surface area contributed by atoms with Gasteiger partial charge in [0.25, 0.3) is 5.91 Å². The van der Waals surface area contributed by atoms with E-state index in [2.05, 4.69) is 17.6 Å². The highest BCUT2D eigenvalue weighted by atomic mass is 32.2. The van der Waals surface area contributed by atoms with E-state index < -0.39 is 12.0 Å². The molecule has 0 bridgehead atoms. The lowest BCUT2D eigenvalue weighted by Gasteiger charge is -2.18. The molecule has 0 aliphatic heterocycles. The van der Waals surface area contributed by atoms with Gasteiger partial charge in [-0.25, -0.2) is 4.79 Å². The van der Waals surface area contributed by atoms with Crippen LogP contribution in [0, 0.1) is 12.8 Å². The molecule has 1 aliphatic carbocycles. The fraction of sp³-hybridized carbons (Fsp3) is 0.444. The molecule has 1 saturated carbocycles. The summed E-state index contributed by atoms with van der Waals surface area (Å²) in [6.07, 6.45) is 11.2. The first-order valence-electron chi connectivity index (χ1n) is 15.5. The highest BCUT2D eigenvalue weighted by Gasteiger charge is 2.22. The molecule has 0 saturated heterocycles. The van der Waals surface area contributed by atoms with Gasteiger partial charge in [0.05, 0.1) is 0 Å². The van der Waals surface area contributed by atoms with Gasteiger partial charge in [-0.2, -0.15) is 11.8 Å². The number of carbonyl (C=O) groups excluding carboxylic acids is 1. The highest BCUT2D eigenvalue weighted by molar-refractivity contribution is 7.98. The molecular weight excluding hydrogens is 556 g/mol. The first-order chi connectivity index (χ1) is 20.9. The lowest BCUT2D eigenvalue weighted by molar-refractivity contribution is -0.139. The van der Waals surface area contributed by atoms with Crippen LogP contribution in [0.1, 0.15) is 73.4 Å². The summed E-state index contributed by atoms with van der Waals surface area (Å²) >= 11 is 1.55. The topological polar surface area (TPSA) is 87.7 Å². The zero-order valence-electron chi connectivity index (χ0n) is 25.9. The Morgan fingerprint density at radius 1 is 0.977 bits per heavy atom. The third-order valence-corrected chi connectivity index (χ3v) is 8.54. The molecule has 7 heteroatoms. The fourth-order valence-electron chi connectivity index (χ4n) is 5.31. The largest absolute Gasteiger partial charge is 0.492 e. The average Bonchev–Trinajstić information content (AvgIpc) is 3.04. The molecule has 0 aromatic heterocycles. The van der Waals surface area contributed by atoms with E-state index in [0.717, 1.165) is 33.9 Å². The number of amides is 1. The van der Waals surface area contributed by atoms with Crippen molar-refractivity contribution in [3.63, 3.8) is 0 Å². The number of ether oxygens (including phenoxy) is 1. The van der Waals surface area contributed by atoms with Gasteiger partial charge in [0, 0.05) is 18.7 Å². The van der Waals surface area contributed by atoms with Crippen LogP contribution in [0.5, 0.6) is 5.75 Å². The maximum absolute atomic E-state index is 13.2. The molecule has 0 heterocycles. The minimum atomic E-state index is -1.02. The van der Waals surface area contributed by atoms with Crippen molar-refractivity contribution in [3.05, 3.63) is 89.5 Å². The van der Waals surface area contributed by atoms with E-state index in [1.165, 1.54) is 38.5 Å². The number of thioether (sulfide) groups is 1. The molecule has 0 spiro atoms. The molecule has 6 nitrogen and oxygen atoms in total. The molecule has 1 atom stereocenters. The predicted molar refractivity (Wildman–Crippen MR) is 179 cm³/mol. The van der Waals surface area contributed by atoms with E-state index in [9.17, 15) is 14.7 Å². The second-order valence-corrected chi connectivity index (χ2v) is 12.1. The number of carboxylic acid groups (broad SMARTS) is 1. The van der Waals surface area contributed by atoms with Crippen LogP contribution >= 0.6 is 11.8 Å². The van der Waals surface area contributed by atoms with E-state index in [1.807, 2.05) is 79.9 Å². The summed E-state index contributed by atoms with van der Waals surface area (Å²) < 4.78 is 5.72. The van der Waals surface area contributed by atoms with Crippen molar-refractivity contribution in [2.75, 3.05) is 25.2 Å². The second-order valence-electron chi connectivity index (χ2n) is 11.1. The van der Waals surface area contributed by atoms with Gasteiger partial charge in [0.1, 0.15) is 18.4 Å². The van der Waals surface area contributed by atoms with Crippen LogP contribution in [0.2, 0.25) is 0 Å². The summed E-state index contributed by atoms with van der Waals surface area (Å²) in [6, 6.07) is 22.3. The lowest BCUT2D eigenvalue weighted by Crippen LogP contribution is -2.41. The molecule has 3 aromatic carbocycles. The second kappa shape index (κ2) is 19.1.